The summed E-state index contributed by atoms with van der Waals surface area (Å²) in [4.78, 5) is 0. The summed E-state index contributed by atoms with van der Waals surface area (Å²) in [6.07, 6.45) is 5.55. The zero-order chi connectivity index (χ0) is 6.04. The van der Waals surface area contributed by atoms with Crippen LogP contribution in [0.25, 0.3) is 0 Å². The molecular weight excluding hydrogens is 124 g/mol. The second-order valence-corrected chi connectivity index (χ2v) is 3.43. The van der Waals surface area contributed by atoms with E-state index in [0.29, 0.717) is 0 Å². The highest BCUT2D eigenvalue weighted by Gasteiger charge is 2.03. The maximum Gasteiger partial charge on any atom is 0.175 e. The van der Waals surface area contributed by atoms with Crippen molar-refractivity contribution in [2.24, 2.45) is 0 Å². The summed E-state index contributed by atoms with van der Waals surface area (Å²) in [6.45, 7) is 0. The number of hydrogen-bond donors (Lipinski definition) is 0. The lowest BCUT2D eigenvalue weighted by molar-refractivity contribution is 0.607. The highest BCUT2D eigenvalue weighted by molar-refractivity contribution is 7.94. The van der Waals surface area contributed by atoms with Gasteiger partial charge in [-0.25, -0.2) is 8.42 Å². The summed E-state index contributed by atoms with van der Waals surface area (Å²) in [6, 6.07) is 0. The lowest BCUT2D eigenvalue weighted by Crippen LogP contribution is -2.00. The number of sulfone groups is 1. The fraction of sp³-hybridized carbons (Fsp3) is 0.200. The molecule has 0 saturated heterocycles. The van der Waals surface area contributed by atoms with Gasteiger partial charge in [0.25, 0.3) is 0 Å². The monoisotopic (exact) mass is 129 g/mol. The second kappa shape index (κ2) is 1.74. The van der Waals surface area contributed by atoms with Crippen molar-refractivity contribution in [3.05, 3.63) is 23.6 Å². The Labute approximate surface area is 48.4 Å². The molecule has 1 rings (SSSR count). The first-order chi connectivity index (χ1) is 3.71. The van der Waals surface area contributed by atoms with Gasteiger partial charge in [0.15, 0.2) is 9.84 Å². The van der Waals surface area contributed by atoms with Crippen molar-refractivity contribution in [3.63, 3.8) is 0 Å². The predicted octanol–water partition coefficient (Wildman–Crippen LogP) is 0.288. The molecule has 1 heterocycles. The van der Waals surface area contributed by atoms with Gasteiger partial charge in [-0.05, 0) is 12.2 Å². The molecule has 0 aromatic heterocycles. The van der Waals surface area contributed by atoms with Crippen LogP contribution in [0.3, 0.4) is 0 Å². The molecule has 0 bridgehead atoms. The van der Waals surface area contributed by atoms with Crippen LogP contribution >= 0.6 is 0 Å². The third-order valence-corrected chi connectivity index (χ3v) is 1.99. The van der Waals surface area contributed by atoms with Crippen molar-refractivity contribution >= 4 is 9.84 Å². The Hall–Kier alpha value is -0.570. The Morgan fingerprint density at radius 1 is 1.50 bits per heavy atom. The van der Waals surface area contributed by atoms with Crippen LogP contribution in [0.1, 0.15) is 0 Å². The van der Waals surface area contributed by atoms with Gasteiger partial charge in [0, 0.05) is 5.41 Å². The Bertz CT molecular complexity index is 221. The molecule has 43 valence electrons. The van der Waals surface area contributed by atoms with Crippen LogP contribution in [0.2, 0.25) is 0 Å². The van der Waals surface area contributed by atoms with E-state index in [-0.39, 0.29) is 5.75 Å². The van der Waals surface area contributed by atoms with Gasteiger partial charge in [-0.1, -0.05) is 6.08 Å². The van der Waals surface area contributed by atoms with Crippen molar-refractivity contribution in [3.8, 4) is 0 Å². The number of hydrogen-bond acceptors (Lipinski definition) is 2. The van der Waals surface area contributed by atoms with Crippen LogP contribution in [-0.4, -0.2) is 14.2 Å². The largest absolute Gasteiger partial charge is 0.224 e. The minimum atomic E-state index is -2.88. The molecule has 1 radical (unpaired) electrons. The fourth-order valence-electron chi connectivity index (χ4n) is 0.431. The third-order valence-electron chi connectivity index (χ3n) is 0.805. The molecule has 0 N–H and O–H groups in total. The van der Waals surface area contributed by atoms with E-state index in [1.165, 1.54) is 12.2 Å². The van der Waals surface area contributed by atoms with E-state index in [0.717, 1.165) is 5.41 Å². The van der Waals surface area contributed by atoms with Gasteiger partial charge >= 0.3 is 0 Å². The van der Waals surface area contributed by atoms with Gasteiger partial charge in [-0.3, -0.25) is 0 Å². The summed E-state index contributed by atoms with van der Waals surface area (Å²) in [7, 11) is -2.88. The van der Waals surface area contributed by atoms with E-state index in [2.05, 4.69) is 6.08 Å². The zero-order valence-electron chi connectivity index (χ0n) is 4.16. The lowest BCUT2D eigenvalue weighted by Gasteiger charge is -1.93. The van der Waals surface area contributed by atoms with Gasteiger partial charge in [-0.15, -0.1) is 0 Å². The summed E-state index contributed by atoms with van der Waals surface area (Å²) in [5, 5.41) is 1.16. The molecule has 2 nitrogen and oxygen atoms in total. The maximum atomic E-state index is 10.5. The molecular formula is C5H5O2S. The van der Waals surface area contributed by atoms with E-state index >= 15 is 0 Å². The van der Waals surface area contributed by atoms with Crippen molar-refractivity contribution in [2.45, 2.75) is 0 Å². The first-order valence-corrected chi connectivity index (χ1v) is 3.89. The van der Waals surface area contributed by atoms with Crippen LogP contribution in [-0.2, 0) is 9.84 Å². The van der Waals surface area contributed by atoms with E-state index < -0.39 is 9.84 Å². The Morgan fingerprint density at radius 2 is 2.25 bits per heavy atom. The molecule has 8 heavy (non-hydrogen) atoms. The van der Waals surface area contributed by atoms with Crippen molar-refractivity contribution in [2.75, 3.05) is 5.75 Å². The summed E-state index contributed by atoms with van der Waals surface area (Å²) in [5.41, 5.74) is 0. The Morgan fingerprint density at radius 3 is 2.50 bits per heavy atom. The summed E-state index contributed by atoms with van der Waals surface area (Å²) < 4.78 is 21.0. The Kier molecular flexibility index (Phi) is 1.21. The predicted molar refractivity (Wildman–Crippen MR) is 30.7 cm³/mol. The van der Waals surface area contributed by atoms with Gasteiger partial charge in [0.1, 0.15) is 0 Å². The molecule has 0 unspecified atom stereocenters. The average Bonchev–Trinajstić information content (AvgIpc) is 1.65. The molecule has 0 saturated carbocycles. The molecule has 0 atom stereocenters. The quantitative estimate of drug-likeness (QED) is 0.471. The molecule has 1 aliphatic rings. The normalized spacial score (nSPS) is 23.5. The number of rotatable bonds is 0. The number of allylic oxidation sites excluding steroid dienone is 2. The minimum Gasteiger partial charge on any atom is -0.224 e. The van der Waals surface area contributed by atoms with Gasteiger partial charge in [0.2, 0.25) is 0 Å². The lowest BCUT2D eigenvalue weighted by atomic mass is 10.5. The topological polar surface area (TPSA) is 34.1 Å². The molecule has 0 spiro atoms. The molecule has 0 aliphatic carbocycles. The second-order valence-electron chi connectivity index (χ2n) is 1.50. The first-order valence-electron chi connectivity index (χ1n) is 2.18. The SMILES string of the molecule is O=S1(=O)C=C[C]=CC1. The average molecular weight is 129 g/mol. The highest BCUT2D eigenvalue weighted by atomic mass is 32.2. The van der Waals surface area contributed by atoms with Crippen molar-refractivity contribution in [1.82, 2.24) is 0 Å². The van der Waals surface area contributed by atoms with Crippen LogP contribution in [0.15, 0.2) is 17.6 Å². The van der Waals surface area contributed by atoms with Gasteiger partial charge in [0.05, 0.1) is 5.75 Å². The third kappa shape index (κ3) is 1.20. The molecule has 0 aromatic rings. The van der Waals surface area contributed by atoms with Gasteiger partial charge in [-0.2, -0.15) is 0 Å². The van der Waals surface area contributed by atoms with Crippen molar-refractivity contribution in [1.29, 1.82) is 0 Å². The summed E-state index contributed by atoms with van der Waals surface area (Å²) in [5.74, 6) is 0.101. The molecule has 0 aromatic carbocycles. The standard InChI is InChI=1S/C5H5O2S/c6-8(7)4-2-1-3-5-8/h2-4H,5H2. The molecule has 0 amide bonds. The van der Waals surface area contributed by atoms with Crippen LogP contribution in [0.5, 0.6) is 0 Å². The van der Waals surface area contributed by atoms with E-state index in [9.17, 15) is 8.42 Å². The molecule has 0 fully saturated rings. The van der Waals surface area contributed by atoms with Crippen LogP contribution < -0.4 is 0 Å². The fourth-order valence-corrected chi connectivity index (χ4v) is 1.16. The van der Waals surface area contributed by atoms with E-state index in [1.54, 1.807) is 0 Å². The van der Waals surface area contributed by atoms with Crippen molar-refractivity contribution < 1.29 is 8.42 Å². The van der Waals surface area contributed by atoms with Crippen LogP contribution in [0, 0.1) is 6.08 Å². The zero-order valence-corrected chi connectivity index (χ0v) is 4.98. The Balaban J connectivity index is 2.98. The molecule has 3 heteroatoms. The molecule has 1 aliphatic heterocycles. The van der Waals surface area contributed by atoms with Gasteiger partial charge < -0.3 is 0 Å². The smallest absolute Gasteiger partial charge is 0.175 e. The maximum absolute atomic E-state index is 10.5. The van der Waals surface area contributed by atoms with Crippen LogP contribution in [0.4, 0.5) is 0 Å². The minimum absolute atomic E-state index is 0.101. The first kappa shape index (κ1) is 5.56. The van der Waals surface area contributed by atoms with E-state index in [1.807, 2.05) is 0 Å². The van der Waals surface area contributed by atoms with E-state index in [4.69, 9.17) is 0 Å². The highest BCUT2D eigenvalue weighted by Crippen LogP contribution is 1.98. The summed E-state index contributed by atoms with van der Waals surface area (Å²) >= 11 is 0.